The van der Waals surface area contributed by atoms with Crippen molar-refractivity contribution < 1.29 is 9.59 Å². The predicted molar refractivity (Wildman–Crippen MR) is 105 cm³/mol. The molecular formula is C21H27N3O2. The minimum absolute atomic E-state index is 0.227. The molecule has 0 aliphatic heterocycles. The van der Waals surface area contributed by atoms with E-state index in [4.69, 9.17) is 0 Å². The lowest BCUT2D eigenvalue weighted by molar-refractivity contribution is 0.0948. The SMILES string of the molecule is CCCCCNC(=O)c1cccc(C(=O)Nc2ccccc2C(C)C)n1. The molecule has 2 amide bonds. The Morgan fingerprint density at radius 1 is 0.962 bits per heavy atom. The third-order valence-electron chi connectivity index (χ3n) is 4.11. The molecule has 138 valence electrons. The molecule has 5 nitrogen and oxygen atoms in total. The average molecular weight is 353 g/mol. The average Bonchev–Trinajstić information content (AvgIpc) is 2.65. The molecule has 0 saturated carbocycles. The molecule has 2 aromatic rings. The van der Waals surface area contributed by atoms with E-state index in [1.165, 1.54) is 0 Å². The Balaban J connectivity index is 2.07. The Bertz CT molecular complexity index is 756. The number of hydrogen-bond donors (Lipinski definition) is 2. The monoisotopic (exact) mass is 353 g/mol. The van der Waals surface area contributed by atoms with Crippen LogP contribution in [-0.2, 0) is 0 Å². The van der Waals surface area contributed by atoms with Gasteiger partial charge < -0.3 is 10.6 Å². The molecule has 0 unspecified atom stereocenters. The molecule has 1 heterocycles. The molecule has 0 bridgehead atoms. The molecular weight excluding hydrogens is 326 g/mol. The highest BCUT2D eigenvalue weighted by Gasteiger charge is 2.14. The zero-order chi connectivity index (χ0) is 18.9. The maximum Gasteiger partial charge on any atom is 0.274 e. The molecule has 2 rings (SSSR count). The largest absolute Gasteiger partial charge is 0.351 e. The number of aromatic nitrogens is 1. The lowest BCUT2D eigenvalue weighted by Gasteiger charge is -2.13. The van der Waals surface area contributed by atoms with Crippen LogP contribution in [0.3, 0.4) is 0 Å². The number of carbonyl (C=O) groups excluding carboxylic acids is 2. The number of carbonyl (C=O) groups is 2. The summed E-state index contributed by atoms with van der Waals surface area (Å²) in [6.07, 6.45) is 3.11. The van der Waals surface area contributed by atoms with E-state index in [1.54, 1.807) is 18.2 Å². The van der Waals surface area contributed by atoms with Gasteiger partial charge in [-0.25, -0.2) is 4.98 Å². The molecule has 0 aliphatic rings. The van der Waals surface area contributed by atoms with Crippen molar-refractivity contribution in [3.05, 3.63) is 59.4 Å². The molecule has 26 heavy (non-hydrogen) atoms. The highest BCUT2D eigenvalue weighted by Crippen LogP contribution is 2.24. The molecule has 0 radical (unpaired) electrons. The maximum absolute atomic E-state index is 12.6. The van der Waals surface area contributed by atoms with Crippen molar-refractivity contribution in [2.45, 2.75) is 46.0 Å². The third-order valence-corrected chi connectivity index (χ3v) is 4.11. The number of amides is 2. The van der Waals surface area contributed by atoms with Crippen molar-refractivity contribution >= 4 is 17.5 Å². The first-order chi connectivity index (χ1) is 12.5. The molecule has 2 N–H and O–H groups in total. The number of nitrogens with zero attached hydrogens (tertiary/aromatic N) is 1. The second-order valence-corrected chi connectivity index (χ2v) is 6.57. The first-order valence-electron chi connectivity index (χ1n) is 9.18. The van der Waals surface area contributed by atoms with Crippen molar-refractivity contribution in [2.24, 2.45) is 0 Å². The molecule has 5 heteroatoms. The molecule has 1 aromatic heterocycles. The maximum atomic E-state index is 12.6. The third kappa shape index (κ3) is 5.41. The number of rotatable bonds is 8. The number of pyridine rings is 1. The molecule has 0 fully saturated rings. The zero-order valence-electron chi connectivity index (χ0n) is 15.7. The van der Waals surface area contributed by atoms with Gasteiger partial charge in [-0.1, -0.05) is 57.9 Å². The normalized spacial score (nSPS) is 10.6. The Morgan fingerprint density at radius 2 is 1.65 bits per heavy atom. The fourth-order valence-corrected chi connectivity index (χ4v) is 2.66. The van der Waals surface area contributed by atoms with Crippen molar-refractivity contribution in [3.63, 3.8) is 0 Å². The molecule has 0 spiro atoms. The second kappa shape index (κ2) is 9.70. The van der Waals surface area contributed by atoms with Crippen molar-refractivity contribution in [1.29, 1.82) is 0 Å². The van der Waals surface area contributed by atoms with Gasteiger partial charge in [0, 0.05) is 12.2 Å². The quantitative estimate of drug-likeness (QED) is 0.692. The standard InChI is InChI=1S/C21H27N3O2/c1-4-5-8-14-22-20(25)18-12-9-13-19(23-18)21(26)24-17-11-7-6-10-16(17)15(2)3/h6-7,9-13,15H,4-5,8,14H2,1-3H3,(H,22,25)(H,24,26). The topological polar surface area (TPSA) is 71.1 Å². The molecule has 0 atom stereocenters. The number of hydrogen-bond acceptors (Lipinski definition) is 3. The summed E-state index contributed by atoms with van der Waals surface area (Å²) in [5.41, 5.74) is 2.31. The Labute approximate surface area is 155 Å². The van der Waals surface area contributed by atoms with E-state index in [2.05, 4.69) is 36.4 Å². The minimum Gasteiger partial charge on any atom is -0.351 e. The van der Waals surface area contributed by atoms with Gasteiger partial charge in [0.25, 0.3) is 11.8 Å². The van der Waals surface area contributed by atoms with Crippen molar-refractivity contribution in [1.82, 2.24) is 10.3 Å². The van der Waals surface area contributed by atoms with Gasteiger partial charge >= 0.3 is 0 Å². The number of para-hydroxylation sites is 1. The van der Waals surface area contributed by atoms with E-state index < -0.39 is 0 Å². The van der Waals surface area contributed by atoms with Gasteiger partial charge in [0.1, 0.15) is 11.4 Å². The molecule has 1 aromatic carbocycles. The number of unbranched alkanes of at least 4 members (excludes halogenated alkanes) is 2. The van der Waals surface area contributed by atoms with Crippen LogP contribution >= 0.6 is 0 Å². The number of anilines is 1. The van der Waals surface area contributed by atoms with Gasteiger partial charge in [0.15, 0.2) is 0 Å². The van der Waals surface area contributed by atoms with E-state index in [1.807, 2.05) is 24.3 Å². The van der Waals surface area contributed by atoms with Crippen LogP contribution in [0.4, 0.5) is 5.69 Å². The van der Waals surface area contributed by atoms with Gasteiger partial charge in [0.2, 0.25) is 0 Å². The molecule has 0 saturated heterocycles. The van der Waals surface area contributed by atoms with E-state index in [0.29, 0.717) is 12.5 Å². The van der Waals surface area contributed by atoms with E-state index in [0.717, 1.165) is 30.5 Å². The van der Waals surface area contributed by atoms with Gasteiger partial charge in [-0.3, -0.25) is 9.59 Å². The predicted octanol–water partition coefficient (Wildman–Crippen LogP) is 4.38. The first-order valence-corrected chi connectivity index (χ1v) is 9.18. The van der Waals surface area contributed by atoms with Gasteiger partial charge in [-0.2, -0.15) is 0 Å². The van der Waals surface area contributed by atoms with Crippen molar-refractivity contribution in [3.8, 4) is 0 Å². The highest BCUT2D eigenvalue weighted by molar-refractivity contribution is 6.04. The van der Waals surface area contributed by atoms with Crippen LogP contribution in [0.15, 0.2) is 42.5 Å². The summed E-state index contributed by atoms with van der Waals surface area (Å²) in [5, 5.41) is 5.74. The summed E-state index contributed by atoms with van der Waals surface area (Å²) in [6, 6.07) is 12.6. The fourth-order valence-electron chi connectivity index (χ4n) is 2.66. The smallest absolute Gasteiger partial charge is 0.274 e. The van der Waals surface area contributed by atoms with Gasteiger partial charge in [0.05, 0.1) is 0 Å². The zero-order valence-corrected chi connectivity index (χ0v) is 15.7. The molecule has 0 aliphatic carbocycles. The lowest BCUT2D eigenvalue weighted by atomic mass is 10.0. The Kier molecular flexibility index (Phi) is 7.33. The van der Waals surface area contributed by atoms with Gasteiger partial charge in [-0.15, -0.1) is 0 Å². The van der Waals surface area contributed by atoms with E-state index >= 15 is 0 Å². The highest BCUT2D eigenvalue weighted by atomic mass is 16.2. The minimum atomic E-state index is -0.321. The van der Waals surface area contributed by atoms with Gasteiger partial charge in [-0.05, 0) is 36.1 Å². The summed E-state index contributed by atoms with van der Waals surface area (Å²) in [6.45, 7) is 6.88. The van der Waals surface area contributed by atoms with Crippen LogP contribution in [0.1, 0.15) is 72.5 Å². The number of nitrogens with one attached hydrogen (secondary N) is 2. The second-order valence-electron chi connectivity index (χ2n) is 6.57. The van der Waals surface area contributed by atoms with Crippen LogP contribution in [0, 0.1) is 0 Å². The Morgan fingerprint density at radius 3 is 2.35 bits per heavy atom. The number of benzene rings is 1. The summed E-state index contributed by atoms with van der Waals surface area (Å²) >= 11 is 0. The fraction of sp³-hybridized carbons (Fsp3) is 0.381. The van der Waals surface area contributed by atoms with Crippen LogP contribution in [-0.4, -0.2) is 23.3 Å². The summed E-state index contributed by atoms with van der Waals surface area (Å²) < 4.78 is 0. The van der Waals surface area contributed by atoms with E-state index in [-0.39, 0.29) is 23.2 Å². The van der Waals surface area contributed by atoms with E-state index in [9.17, 15) is 9.59 Å². The summed E-state index contributed by atoms with van der Waals surface area (Å²) in [5.74, 6) is -0.281. The van der Waals surface area contributed by atoms with Crippen molar-refractivity contribution in [2.75, 3.05) is 11.9 Å². The first kappa shape index (κ1) is 19.6. The van der Waals surface area contributed by atoms with Crippen LogP contribution in [0.25, 0.3) is 0 Å². The van der Waals surface area contributed by atoms with Crippen LogP contribution in [0.2, 0.25) is 0 Å². The van der Waals surface area contributed by atoms with Crippen LogP contribution < -0.4 is 10.6 Å². The van der Waals surface area contributed by atoms with Crippen LogP contribution in [0.5, 0.6) is 0 Å². The summed E-state index contributed by atoms with van der Waals surface area (Å²) in [7, 11) is 0. The summed E-state index contributed by atoms with van der Waals surface area (Å²) in [4.78, 5) is 29.0. The lowest BCUT2D eigenvalue weighted by Crippen LogP contribution is -2.26. The Hall–Kier alpha value is -2.69.